The molecule has 1 saturated heterocycles. The number of ether oxygens (including phenoxy) is 1. The molecule has 1 heterocycles. The van der Waals surface area contributed by atoms with E-state index in [0.717, 1.165) is 5.56 Å². The Bertz CT molecular complexity index is 977. The summed E-state index contributed by atoms with van der Waals surface area (Å²) in [5.41, 5.74) is 1.35. The normalized spacial score (nSPS) is 16.8. The first-order valence-corrected chi connectivity index (χ1v) is 11.7. The number of nitrogens with zero attached hydrogens (tertiary/aromatic N) is 2. The minimum atomic E-state index is -3.39. The van der Waals surface area contributed by atoms with Gasteiger partial charge in [-0.05, 0) is 30.7 Å². The molecular formula is C21H26ClN3O4S. The van der Waals surface area contributed by atoms with Gasteiger partial charge in [0.1, 0.15) is 5.75 Å². The zero-order chi connectivity index (χ0) is 21.7. The fraction of sp³-hybridized carbons (Fsp3) is 0.381. The molecule has 2 aromatic rings. The third-order valence-electron chi connectivity index (χ3n) is 5.21. The van der Waals surface area contributed by atoms with Crippen LogP contribution in [-0.2, 0) is 20.6 Å². The molecule has 2 aromatic carbocycles. The summed E-state index contributed by atoms with van der Waals surface area (Å²) in [7, 11) is -1.86. The van der Waals surface area contributed by atoms with Crippen LogP contribution < -0.4 is 10.1 Å². The van der Waals surface area contributed by atoms with Gasteiger partial charge in [-0.2, -0.15) is 4.31 Å². The molecule has 30 heavy (non-hydrogen) atoms. The first kappa shape index (κ1) is 22.6. The number of carbonyl (C=O) groups excluding carboxylic acids is 1. The lowest BCUT2D eigenvalue weighted by atomic mass is 10.2. The van der Waals surface area contributed by atoms with E-state index in [-0.39, 0.29) is 11.7 Å². The van der Waals surface area contributed by atoms with Gasteiger partial charge in [0.15, 0.2) is 0 Å². The molecule has 1 fully saturated rings. The molecule has 1 aliphatic heterocycles. The average Bonchev–Trinajstić information content (AvgIpc) is 2.74. The van der Waals surface area contributed by atoms with Crippen molar-refractivity contribution in [3.8, 4) is 5.75 Å². The van der Waals surface area contributed by atoms with Crippen molar-refractivity contribution in [2.75, 3.05) is 38.6 Å². The zero-order valence-corrected chi connectivity index (χ0v) is 18.6. The van der Waals surface area contributed by atoms with Crippen molar-refractivity contribution in [2.45, 2.75) is 18.7 Å². The molecule has 1 atom stereocenters. The van der Waals surface area contributed by atoms with Crippen molar-refractivity contribution >= 4 is 33.2 Å². The Kier molecular flexibility index (Phi) is 7.36. The quantitative estimate of drug-likeness (QED) is 0.700. The molecule has 0 spiro atoms. The first-order valence-electron chi connectivity index (χ1n) is 9.70. The lowest BCUT2D eigenvalue weighted by molar-refractivity contribution is -0.121. The largest absolute Gasteiger partial charge is 0.495 e. The number of amides is 1. The summed E-state index contributed by atoms with van der Waals surface area (Å²) in [5, 5.41) is 3.27. The number of piperazine rings is 1. The molecule has 0 aromatic heterocycles. The summed E-state index contributed by atoms with van der Waals surface area (Å²) in [4.78, 5) is 14.6. The molecule has 0 radical (unpaired) electrons. The van der Waals surface area contributed by atoms with Gasteiger partial charge >= 0.3 is 0 Å². The smallest absolute Gasteiger partial charge is 0.241 e. The minimum absolute atomic E-state index is 0.0118. The number of benzene rings is 2. The van der Waals surface area contributed by atoms with Gasteiger partial charge in [0.2, 0.25) is 15.9 Å². The number of sulfonamides is 1. The standard InChI is InChI=1S/C21H26ClN3O4S/c1-16(21(26)23-18-8-9-20(29-2)19(22)14-18)24-10-12-25(13-11-24)30(27,28)15-17-6-4-3-5-7-17/h3-9,14,16H,10-13,15H2,1-2H3,(H,23,26). The Balaban J connectivity index is 1.55. The molecule has 3 rings (SSSR count). The van der Waals surface area contributed by atoms with E-state index < -0.39 is 16.1 Å². The van der Waals surface area contributed by atoms with Crippen molar-refractivity contribution in [3.63, 3.8) is 0 Å². The van der Waals surface area contributed by atoms with Gasteiger partial charge in [-0.1, -0.05) is 41.9 Å². The van der Waals surface area contributed by atoms with Crippen molar-refractivity contribution in [1.82, 2.24) is 9.21 Å². The number of hydrogen-bond donors (Lipinski definition) is 1. The van der Waals surface area contributed by atoms with Crippen molar-refractivity contribution in [1.29, 1.82) is 0 Å². The van der Waals surface area contributed by atoms with E-state index in [1.54, 1.807) is 18.2 Å². The summed E-state index contributed by atoms with van der Waals surface area (Å²) in [6.45, 7) is 3.52. The Morgan fingerprint density at radius 1 is 1.13 bits per heavy atom. The maximum absolute atomic E-state index is 12.7. The van der Waals surface area contributed by atoms with Gasteiger partial charge in [-0.15, -0.1) is 0 Å². The van der Waals surface area contributed by atoms with Crippen LogP contribution in [0.5, 0.6) is 5.75 Å². The second kappa shape index (κ2) is 9.78. The summed E-state index contributed by atoms with van der Waals surface area (Å²) >= 11 is 6.11. The van der Waals surface area contributed by atoms with Crippen molar-refractivity contribution in [2.24, 2.45) is 0 Å². The monoisotopic (exact) mass is 451 g/mol. The fourth-order valence-corrected chi connectivity index (χ4v) is 5.18. The highest BCUT2D eigenvalue weighted by Crippen LogP contribution is 2.27. The van der Waals surface area contributed by atoms with Crippen molar-refractivity contribution < 1.29 is 17.9 Å². The predicted molar refractivity (Wildman–Crippen MR) is 118 cm³/mol. The molecular weight excluding hydrogens is 426 g/mol. The van der Waals surface area contributed by atoms with Crippen LogP contribution in [0.1, 0.15) is 12.5 Å². The van der Waals surface area contributed by atoms with E-state index in [2.05, 4.69) is 5.32 Å². The molecule has 1 aliphatic rings. The fourth-order valence-electron chi connectivity index (χ4n) is 3.40. The summed E-state index contributed by atoms with van der Waals surface area (Å²) in [6.07, 6.45) is 0. The number of carbonyl (C=O) groups is 1. The Morgan fingerprint density at radius 2 is 1.80 bits per heavy atom. The molecule has 9 heteroatoms. The molecule has 0 aliphatic carbocycles. The summed E-state index contributed by atoms with van der Waals surface area (Å²) < 4.78 is 32.0. The first-order chi connectivity index (χ1) is 14.3. The van der Waals surface area contributed by atoms with Crippen LogP contribution in [0.4, 0.5) is 5.69 Å². The second-order valence-electron chi connectivity index (χ2n) is 7.19. The molecule has 7 nitrogen and oxygen atoms in total. The SMILES string of the molecule is COc1ccc(NC(=O)C(C)N2CCN(S(=O)(=O)Cc3ccccc3)CC2)cc1Cl. The Morgan fingerprint density at radius 3 is 2.40 bits per heavy atom. The van der Waals surface area contributed by atoms with Crippen LogP contribution >= 0.6 is 11.6 Å². The molecule has 1 N–H and O–H groups in total. The van der Waals surface area contributed by atoms with Crippen LogP contribution in [0.15, 0.2) is 48.5 Å². The summed E-state index contributed by atoms with van der Waals surface area (Å²) in [6, 6.07) is 13.8. The van der Waals surface area contributed by atoms with Gasteiger partial charge in [-0.3, -0.25) is 9.69 Å². The van der Waals surface area contributed by atoms with Gasteiger partial charge < -0.3 is 10.1 Å². The number of hydrogen-bond acceptors (Lipinski definition) is 5. The third-order valence-corrected chi connectivity index (χ3v) is 7.35. The highest BCUT2D eigenvalue weighted by molar-refractivity contribution is 7.88. The number of methoxy groups -OCH3 is 1. The summed E-state index contributed by atoms with van der Waals surface area (Å²) in [5.74, 6) is 0.356. The third kappa shape index (κ3) is 5.51. The van der Waals surface area contributed by atoms with Crippen molar-refractivity contribution in [3.05, 3.63) is 59.1 Å². The maximum Gasteiger partial charge on any atom is 0.241 e. The minimum Gasteiger partial charge on any atom is -0.495 e. The van der Waals surface area contributed by atoms with E-state index in [1.807, 2.05) is 42.2 Å². The van der Waals surface area contributed by atoms with E-state index in [0.29, 0.717) is 42.6 Å². The van der Waals surface area contributed by atoms with Gasteiger partial charge in [0, 0.05) is 31.9 Å². The molecule has 0 saturated carbocycles. The molecule has 1 unspecified atom stereocenters. The lowest BCUT2D eigenvalue weighted by Gasteiger charge is -2.36. The highest BCUT2D eigenvalue weighted by Gasteiger charge is 2.31. The van der Waals surface area contributed by atoms with E-state index >= 15 is 0 Å². The van der Waals surface area contributed by atoms with E-state index in [1.165, 1.54) is 11.4 Å². The predicted octanol–water partition coefficient (Wildman–Crippen LogP) is 2.82. The van der Waals surface area contributed by atoms with Crippen LogP contribution in [0, 0.1) is 0 Å². The van der Waals surface area contributed by atoms with Gasteiger partial charge in [-0.25, -0.2) is 8.42 Å². The topological polar surface area (TPSA) is 79.0 Å². The van der Waals surface area contributed by atoms with E-state index in [9.17, 15) is 13.2 Å². The molecule has 0 bridgehead atoms. The average molecular weight is 452 g/mol. The number of rotatable bonds is 7. The van der Waals surface area contributed by atoms with Gasteiger partial charge in [0.25, 0.3) is 0 Å². The Hall–Kier alpha value is -2.13. The lowest BCUT2D eigenvalue weighted by Crippen LogP contribution is -2.54. The Labute approximate surface area is 182 Å². The zero-order valence-electron chi connectivity index (χ0n) is 17.0. The maximum atomic E-state index is 12.7. The highest BCUT2D eigenvalue weighted by atomic mass is 35.5. The van der Waals surface area contributed by atoms with E-state index in [4.69, 9.17) is 16.3 Å². The number of anilines is 1. The molecule has 162 valence electrons. The van der Waals surface area contributed by atoms with Crippen LogP contribution in [0.2, 0.25) is 5.02 Å². The number of nitrogens with one attached hydrogen (secondary N) is 1. The molecule has 1 amide bonds. The van der Waals surface area contributed by atoms with Crippen LogP contribution in [0.25, 0.3) is 0 Å². The second-order valence-corrected chi connectivity index (χ2v) is 9.57. The van der Waals surface area contributed by atoms with Gasteiger partial charge in [0.05, 0.1) is 23.9 Å². The number of halogens is 1. The van der Waals surface area contributed by atoms with Crippen LogP contribution in [-0.4, -0.2) is 62.9 Å². The van der Waals surface area contributed by atoms with Crippen LogP contribution in [0.3, 0.4) is 0 Å².